The monoisotopic (exact) mass is 422 g/mol. The van der Waals surface area contributed by atoms with Crippen molar-refractivity contribution in [3.05, 3.63) is 29.8 Å². The third-order valence-electron chi connectivity index (χ3n) is 5.64. The molecule has 154 valence electrons. The highest BCUT2D eigenvalue weighted by Gasteiger charge is 2.49. The number of amidine groups is 1. The Labute approximate surface area is 172 Å². The van der Waals surface area contributed by atoms with E-state index in [-0.39, 0.29) is 34.6 Å². The molecule has 0 bridgehead atoms. The molecule has 28 heavy (non-hydrogen) atoms. The first-order valence-electron chi connectivity index (χ1n) is 10.3. The third kappa shape index (κ3) is 4.62. The highest BCUT2D eigenvalue weighted by atomic mass is 32.2. The summed E-state index contributed by atoms with van der Waals surface area (Å²) in [4.78, 5) is 19.1. The lowest BCUT2D eigenvalue weighted by atomic mass is 10.0. The van der Waals surface area contributed by atoms with Gasteiger partial charge in [0.15, 0.2) is 15.0 Å². The first kappa shape index (κ1) is 21.4. The van der Waals surface area contributed by atoms with Crippen LogP contribution < -0.4 is 4.90 Å². The van der Waals surface area contributed by atoms with Crippen molar-refractivity contribution < 1.29 is 13.2 Å². The van der Waals surface area contributed by atoms with Crippen LogP contribution >= 0.6 is 11.8 Å². The molecule has 0 aliphatic carbocycles. The van der Waals surface area contributed by atoms with E-state index < -0.39 is 9.84 Å². The molecule has 0 aromatic heterocycles. The van der Waals surface area contributed by atoms with E-state index in [1.165, 1.54) is 17.3 Å². The molecule has 1 aromatic rings. The topological polar surface area (TPSA) is 66.8 Å². The largest absolute Gasteiger partial charge is 0.316 e. The van der Waals surface area contributed by atoms with Gasteiger partial charge in [0.25, 0.3) is 5.91 Å². The average molecular weight is 423 g/mol. The van der Waals surface area contributed by atoms with E-state index in [1.54, 1.807) is 0 Å². The summed E-state index contributed by atoms with van der Waals surface area (Å²) in [5.41, 5.74) is 2.20. The number of hydrogen-bond donors (Lipinski definition) is 0. The highest BCUT2D eigenvalue weighted by Crippen LogP contribution is 2.41. The second-order valence-corrected chi connectivity index (χ2v) is 11.0. The fourth-order valence-corrected chi connectivity index (χ4v) is 7.81. The molecule has 2 aliphatic rings. The molecule has 0 N–H and O–H groups in total. The Hall–Kier alpha value is -1.34. The molecule has 5 nitrogen and oxygen atoms in total. The van der Waals surface area contributed by atoms with Gasteiger partial charge in [0, 0.05) is 16.9 Å². The Morgan fingerprint density at radius 2 is 1.86 bits per heavy atom. The lowest BCUT2D eigenvalue weighted by Crippen LogP contribution is -2.37. The van der Waals surface area contributed by atoms with Crippen molar-refractivity contribution in [1.29, 1.82) is 0 Å². The number of hydrogen-bond acceptors (Lipinski definition) is 4. The van der Waals surface area contributed by atoms with Gasteiger partial charge >= 0.3 is 0 Å². The summed E-state index contributed by atoms with van der Waals surface area (Å²) in [6, 6.07) is 8.13. The van der Waals surface area contributed by atoms with Gasteiger partial charge in [-0.3, -0.25) is 4.79 Å². The number of amides is 1. The molecule has 0 unspecified atom stereocenters. The van der Waals surface area contributed by atoms with Crippen molar-refractivity contribution in [3.63, 3.8) is 0 Å². The molecular formula is C21H30N2O3S2. The van der Waals surface area contributed by atoms with E-state index in [0.717, 1.165) is 37.8 Å². The molecule has 3 rings (SSSR count). The Morgan fingerprint density at radius 1 is 1.18 bits per heavy atom. The standard InChI is InChI=1S/C21H30N2O3S2/c1-4-7-8-15-9-11-17(12-10-15)23-18-13-28(25,26)14-19(18)27-21(23)22-20(24)16(5-2)6-3/h9-12,16,18-19H,4-8,13-14H2,1-3H3/t18-,19+/m1/s1. The maximum atomic E-state index is 12.6. The van der Waals surface area contributed by atoms with Gasteiger partial charge in [-0.25, -0.2) is 8.42 Å². The molecule has 0 radical (unpaired) electrons. The molecule has 1 aromatic carbocycles. The van der Waals surface area contributed by atoms with E-state index in [9.17, 15) is 13.2 Å². The number of aryl methyl sites for hydroxylation is 1. The molecule has 2 aliphatic heterocycles. The lowest BCUT2D eigenvalue weighted by Gasteiger charge is -2.25. The van der Waals surface area contributed by atoms with Gasteiger partial charge in [0.2, 0.25) is 0 Å². The number of benzene rings is 1. The van der Waals surface area contributed by atoms with Crippen LogP contribution in [0.15, 0.2) is 29.3 Å². The second-order valence-electron chi connectivity index (χ2n) is 7.69. The van der Waals surface area contributed by atoms with Gasteiger partial charge in [-0.1, -0.05) is 51.1 Å². The summed E-state index contributed by atoms with van der Waals surface area (Å²) in [6.45, 7) is 6.18. The maximum absolute atomic E-state index is 12.6. The molecule has 1 amide bonds. The zero-order valence-electron chi connectivity index (χ0n) is 16.9. The second kappa shape index (κ2) is 8.99. The first-order chi connectivity index (χ1) is 13.4. The average Bonchev–Trinajstić information content (AvgIpc) is 3.12. The van der Waals surface area contributed by atoms with E-state index >= 15 is 0 Å². The molecule has 2 heterocycles. The molecule has 7 heteroatoms. The Bertz CT molecular complexity index is 830. The zero-order chi connectivity index (χ0) is 20.3. The number of rotatable bonds is 7. The van der Waals surface area contributed by atoms with Crippen LogP contribution in [-0.2, 0) is 21.1 Å². The zero-order valence-corrected chi connectivity index (χ0v) is 18.6. The van der Waals surface area contributed by atoms with E-state index in [1.807, 2.05) is 30.9 Å². The van der Waals surface area contributed by atoms with Crippen molar-refractivity contribution in [3.8, 4) is 0 Å². The number of nitrogens with zero attached hydrogens (tertiary/aromatic N) is 2. The summed E-state index contributed by atoms with van der Waals surface area (Å²) in [6.07, 6.45) is 4.88. The van der Waals surface area contributed by atoms with Crippen molar-refractivity contribution in [2.24, 2.45) is 10.9 Å². The van der Waals surface area contributed by atoms with Crippen LogP contribution in [0, 0.1) is 5.92 Å². The molecular weight excluding hydrogens is 392 g/mol. The normalized spacial score (nSPS) is 24.9. The summed E-state index contributed by atoms with van der Waals surface area (Å²) < 4.78 is 24.4. The minimum absolute atomic E-state index is 0.0574. The van der Waals surface area contributed by atoms with Gasteiger partial charge < -0.3 is 4.90 Å². The van der Waals surface area contributed by atoms with Crippen LogP contribution in [0.3, 0.4) is 0 Å². The number of thioether (sulfide) groups is 1. The number of fused-ring (bicyclic) bond motifs is 1. The van der Waals surface area contributed by atoms with Crippen LogP contribution in [0.1, 0.15) is 52.0 Å². The smallest absolute Gasteiger partial charge is 0.251 e. The van der Waals surface area contributed by atoms with Gasteiger partial charge in [0.1, 0.15) is 0 Å². The molecule has 0 spiro atoms. The van der Waals surface area contributed by atoms with Gasteiger partial charge in [-0.2, -0.15) is 4.99 Å². The van der Waals surface area contributed by atoms with E-state index in [0.29, 0.717) is 5.17 Å². The number of anilines is 1. The van der Waals surface area contributed by atoms with E-state index in [4.69, 9.17) is 0 Å². The minimum atomic E-state index is -3.05. The van der Waals surface area contributed by atoms with Gasteiger partial charge in [-0.15, -0.1) is 0 Å². The van der Waals surface area contributed by atoms with Crippen LogP contribution in [0.25, 0.3) is 0 Å². The predicted octanol–water partition coefficient (Wildman–Crippen LogP) is 4.07. The highest BCUT2D eigenvalue weighted by molar-refractivity contribution is 8.16. The first-order valence-corrected chi connectivity index (χ1v) is 13.0. The molecule has 2 fully saturated rings. The lowest BCUT2D eigenvalue weighted by molar-refractivity contribution is -0.121. The third-order valence-corrected chi connectivity index (χ3v) is 8.85. The minimum Gasteiger partial charge on any atom is -0.316 e. The van der Waals surface area contributed by atoms with Crippen molar-refractivity contribution in [2.75, 3.05) is 16.4 Å². The molecule has 0 saturated carbocycles. The van der Waals surface area contributed by atoms with Crippen LogP contribution in [0.5, 0.6) is 0 Å². The predicted molar refractivity (Wildman–Crippen MR) is 118 cm³/mol. The van der Waals surface area contributed by atoms with Crippen molar-refractivity contribution in [1.82, 2.24) is 0 Å². The Morgan fingerprint density at radius 3 is 2.46 bits per heavy atom. The Kier molecular flexibility index (Phi) is 6.86. The fraction of sp³-hybridized carbons (Fsp3) is 0.619. The number of unbranched alkanes of at least 4 members (excludes halogenated alkanes) is 1. The summed E-state index contributed by atoms with van der Waals surface area (Å²) in [7, 11) is -3.05. The summed E-state index contributed by atoms with van der Waals surface area (Å²) in [5, 5.41) is 0.598. The van der Waals surface area contributed by atoms with E-state index in [2.05, 4.69) is 24.0 Å². The molecule has 2 saturated heterocycles. The van der Waals surface area contributed by atoms with Crippen LogP contribution in [0.4, 0.5) is 5.69 Å². The number of aliphatic imine (C=N–C) groups is 1. The number of carbonyl (C=O) groups is 1. The summed E-state index contributed by atoms with van der Waals surface area (Å²) in [5.74, 6) is 0.113. The number of carbonyl (C=O) groups excluding carboxylic acids is 1. The number of sulfone groups is 1. The Balaban J connectivity index is 1.91. The van der Waals surface area contributed by atoms with Crippen molar-refractivity contribution in [2.45, 2.75) is 64.2 Å². The fourth-order valence-electron chi connectivity index (χ4n) is 3.89. The van der Waals surface area contributed by atoms with Crippen LogP contribution in [0.2, 0.25) is 0 Å². The quantitative estimate of drug-likeness (QED) is 0.663. The summed E-state index contributed by atoms with van der Waals surface area (Å²) >= 11 is 1.45. The van der Waals surface area contributed by atoms with Crippen molar-refractivity contribution >= 4 is 38.4 Å². The van der Waals surface area contributed by atoms with Gasteiger partial charge in [-0.05, 0) is 43.4 Å². The van der Waals surface area contributed by atoms with Crippen LogP contribution in [-0.4, -0.2) is 42.3 Å². The molecule has 2 atom stereocenters. The SMILES string of the molecule is CCCCc1ccc(N2C(=NC(=O)C(CC)CC)S[C@H]3CS(=O)(=O)C[C@H]32)cc1. The van der Waals surface area contributed by atoms with Gasteiger partial charge in [0.05, 0.1) is 17.5 Å². The maximum Gasteiger partial charge on any atom is 0.251 e.